The summed E-state index contributed by atoms with van der Waals surface area (Å²) in [5.74, 6) is -0.968. The summed E-state index contributed by atoms with van der Waals surface area (Å²) in [5, 5.41) is 7.60. The predicted octanol–water partition coefficient (Wildman–Crippen LogP) is 0.371. The first-order valence-corrected chi connectivity index (χ1v) is 8.17. The van der Waals surface area contributed by atoms with Gasteiger partial charge in [0.25, 0.3) is 0 Å². The molecule has 0 saturated heterocycles. The van der Waals surface area contributed by atoms with Gasteiger partial charge in [0.2, 0.25) is 0 Å². The molecule has 11 heavy (non-hydrogen) atoms. The van der Waals surface area contributed by atoms with E-state index >= 15 is 0 Å². The van der Waals surface area contributed by atoms with Gasteiger partial charge in [-0.05, 0) is 6.54 Å². The van der Waals surface area contributed by atoms with Crippen LogP contribution >= 0.6 is 18.8 Å². The Morgan fingerprint density at radius 2 is 1.64 bits per heavy atom. The third kappa shape index (κ3) is 113. The van der Waals surface area contributed by atoms with Gasteiger partial charge in [0.1, 0.15) is 0 Å². The Labute approximate surface area is 82.6 Å². The minimum absolute atomic E-state index is 0.278. The second-order valence-electron chi connectivity index (χ2n) is 1.05. The molecule has 0 rings (SSSR count). The molecule has 0 amide bonds. The van der Waals surface area contributed by atoms with Crippen LogP contribution in [0.2, 0.25) is 0 Å². The first-order valence-electron chi connectivity index (χ1n) is 2.54. The fourth-order valence-electron chi connectivity index (χ4n) is 0. The molecule has 4 nitrogen and oxygen atoms in total. The van der Waals surface area contributed by atoms with Crippen LogP contribution in [0.25, 0.3) is 0 Å². The molecular formula is C4H12Cl2N2O2Pt+2. The second-order valence-corrected chi connectivity index (χ2v) is 4.33. The van der Waals surface area contributed by atoms with Gasteiger partial charge in [-0.3, -0.25) is 4.79 Å². The molecule has 0 aliphatic carbocycles. The Morgan fingerprint density at radius 1 is 1.55 bits per heavy atom. The van der Waals surface area contributed by atoms with Crippen molar-refractivity contribution < 1.29 is 26.4 Å². The number of carbonyl (C=O) groups is 1. The topological polar surface area (TPSA) is 89.3 Å². The van der Waals surface area contributed by atoms with E-state index in [0.29, 0.717) is 0 Å². The summed E-state index contributed by atoms with van der Waals surface area (Å²) in [6, 6.07) is 0. The van der Waals surface area contributed by atoms with Crippen LogP contribution in [0.3, 0.4) is 0 Å². The number of hydrogen-bond acceptors (Lipinski definition) is 3. The van der Waals surface area contributed by atoms with Crippen molar-refractivity contribution in [2.24, 2.45) is 11.5 Å². The Balaban J connectivity index is -0.0000000933. The summed E-state index contributed by atoms with van der Waals surface area (Å²) in [6.45, 7) is 2.38. The van der Waals surface area contributed by atoms with E-state index in [2.05, 4.69) is 5.73 Å². The molecule has 0 atom stereocenters. The van der Waals surface area contributed by atoms with Crippen LogP contribution in [-0.4, -0.2) is 24.2 Å². The zero-order valence-corrected chi connectivity index (χ0v) is 9.78. The molecule has 5 N–H and O–H groups in total. The van der Waals surface area contributed by atoms with Crippen molar-refractivity contribution in [2.45, 2.75) is 6.92 Å². The summed E-state index contributed by atoms with van der Waals surface area (Å²) in [6.07, 6.45) is 0. The van der Waals surface area contributed by atoms with E-state index in [9.17, 15) is 4.79 Å². The molecule has 0 aliphatic rings. The standard InChI is InChI=1S/C2H5NO2.C2H7N.2ClH.Pt/c3-1-2(4)5;1-2-3;;;/h1,3H2,(H,4,5);2-3H2,1H3;2*1H;/q;;;;+4/p-2. The van der Waals surface area contributed by atoms with E-state index in [4.69, 9.17) is 29.7 Å². The van der Waals surface area contributed by atoms with Crippen LogP contribution < -0.4 is 11.5 Å². The molecule has 0 aromatic carbocycles. The van der Waals surface area contributed by atoms with Crippen LogP contribution in [0.5, 0.6) is 0 Å². The molecule has 0 aromatic heterocycles. The molecule has 0 aromatic rings. The molecule has 0 heterocycles. The van der Waals surface area contributed by atoms with E-state index in [1.54, 1.807) is 0 Å². The first kappa shape index (κ1) is 17.7. The molecule has 0 aliphatic heterocycles. The van der Waals surface area contributed by atoms with E-state index in [1.807, 2.05) is 6.92 Å². The number of halogens is 2. The third-order valence-electron chi connectivity index (χ3n) is 0.175. The Morgan fingerprint density at radius 3 is 1.64 bits per heavy atom. The van der Waals surface area contributed by atoms with Gasteiger partial charge in [0, 0.05) is 0 Å². The zero-order valence-electron chi connectivity index (χ0n) is 6.00. The average molecular weight is 386 g/mol. The first-order chi connectivity index (χ1) is 5.10. The third-order valence-corrected chi connectivity index (χ3v) is 0.175. The number of rotatable bonds is 1. The van der Waals surface area contributed by atoms with Gasteiger partial charge in [-0.25, -0.2) is 0 Å². The van der Waals surface area contributed by atoms with Crippen molar-refractivity contribution in [2.75, 3.05) is 13.1 Å². The van der Waals surface area contributed by atoms with Gasteiger partial charge >= 0.3 is 41.3 Å². The van der Waals surface area contributed by atoms with Crippen LogP contribution in [0.1, 0.15) is 6.92 Å². The number of nitrogens with two attached hydrogens (primary N) is 2. The fourth-order valence-corrected chi connectivity index (χ4v) is 0. The quantitative estimate of drug-likeness (QED) is 0.608. The van der Waals surface area contributed by atoms with Crippen molar-refractivity contribution in [3.63, 3.8) is 0 Å². The Hall–Kier alpha value is 0.658. The van der Waals surface area contributed by atoms with Gasteiger partial charge < -0.3 is 16.6 Å². The van der Waals surface area contributed by atoms with Gasteiger partial charge in [-0.15, -0.1) is 0 Å². The van der Waals surface area contributed by atoms with Crippen LogP contribution in [0.15, 0.2) is 0 Å². The van der Waals surface area contributed by atoms with E-state index in [-0.39, 0.29) is 6.54 Å². The van der Waals surface area contributed by atoms with Crippen LogP contribution in [0.4, 0.5) is 0 Å². The molecule has 0 spiro atoms. The molecule has 72 valence electrons. The van der Waals surface area contributed by atoms with Crippen molar-refractivity contribution in [3.8, 4) is 0 Å². The summed E-state index contributed by atoms with van der Waals surface area (Å²) < 4.78 is 0. The minimum atomic E-state index is -0.968. The normalized spacial score (nSPS) is 7.00. The molecule has 0 unspecified atom stereocenters. The average Bonchev–Trinajstić information content (AvgIpc) is 1.91. The van der Waals surface area contributed by atoms with Gasteiger partial charge in [-0.1, -0.05) is 6.92 Å². The summed E-state index contributed by atoms with van der Waals surface area (Å²) in [7, 11) is 9.75. The van der Waals surface area contributed by atoms with E-state index < -0.39 is 22.5 Å². The summed E-state index contributed by atoms with van der Waals surface area (Å²) >= 11 is -0.472. The van der Waals surface area contributed by atoms with Crippen molar-refractivity contribution >= 4 is 24.8 Å². The van der Waals surface area contributed by atoms with Crippen LogP contribution in [0, 0.1) is 0 Å². The summed E-state index contributed by atoms with van der Waals surface area (Å²) in [5.41, 5.74) is 9.42. The van der Waals surface area contributed by atoms with Gasteiger partial charge in [0.15, 0.2) is 0 Å². The predicted molar refractivity (Wildman–Crippen MR) is 43.1 cm³/mol. The summed E-state index contributed by atoms with van der Waals surface area (Å²) in [4.78, 5) is 9.24. The van der Waals surface area contributed by atoms with E-state index in [0.717, 1.165) is 6.54 Å². The molecular weight excluding hydrogens is 374 g/mol. The molecule has 0 radical (unpaired) electrons. The van der Waals surface area contributed by atoms with Crippen LogP contribution in [-0.2, 0) is 21.3 Å². The number of hydrogen-bond donors (Lipinski definition) is 3. The van der Waals surface area contributed by atoms with Gasteiger partial charge in [0.05, 0.1) is 6.54 Å². The van der Waals surface area contributed by atoms with Crippen molar-refractivity contribution in [1.82, 2.24) is 0 Å². The van der Waals surface area contributed by atoms with E-state index in [1.165, 1.54) is 0 Å². The second kappa shape index (κ2) is 22.4. The Kier molecular flexibility index (Phi) is 36.0. The maximum atomic E-state index is 9.24. The van der Waals surface area contributed by atoms with Crippen molar-refractivity contribution in [3.05, 3.63) is 0 Å². The maximum absolute atomic E-state index is 9.24. The monoisotopic (exact) mass is 385 g/mol. The number of carboxylic acid groups (broad SMARTS) is 1. The molecule has 0 bridgehead atoms. The Bertz CT molecular complexity index is 75.1. The molecule has 0 saturated carbocycles. The fraction of sp³-hybridized carbons (Fsp3) is 0.750. The SMILES string of the molecule is CCN.NCC(=O)O.[Cl][Pt+2][Cl]. The number of aliphatic carboxylic acids is 1. The van der Waals surface area contributed by atoms with Gasteiger partial charge in [-0.2, -0.15) is 0 Å². The van der Waals surface area contributed by atoms with Crippen molar-refractivity contribution in [1.29, 1.82) is 0 Å². The molecule has 7 heteroatoms. The molecule has 0 fully saturated rings. The number of carboxylic acids is 1. The zero-order chi connectivity index (χ0) is 9.70.